The SMILES string of the molecule is O=C(O)C(CCN1CC(OCCc2ccc3c(n2)NCCC3)C1)NC(=O)C1CCCN1Cc1ccccc1. The van der Waals surface area contributed by atoms with Crippen molar-refractivity contribution >= 4 is 17.7 Å². The fraction of sp³-hybridized carbons (Fsp3) is 0.552. The number of hydrogen-bond acceptors (Lipinski definition) is 7. The summed E-state index contributed by atoms with van der Waals surface area (Å²) in [6, 6.07) is 13.2. The highest BCUT2D eigenvalue weighted by Gasteiger charge is 2.34. The number of aliphatic carboxylic acids is 1. The Bertz CT molecular complexity index is 1090. The van der Waals surface area contributed by atoms with E-state index in [-0.39, 0.29) is 18.1 Å². The Labute approximate surface area is 224 Å². The molecule has 9 heteroatoms. The molecule has 3 aliphatic rings. The van der Waals surface area contributed by atoms with Crippen molar-refractivity contribution in [2.75, 3.05) is 44.6 Å². The maximum atomic E-state index is 13.0. The third-order valence-electron chi connectivity index (χ3n) is 7.83. The van der Waals surface area contributed by atoms with Crippen LogP contribution >= 0.6 is 0 Å². The number of aryl methyl sites for hydroxylation is 1. The summed E-state index contributed by atoms with van der Waals surface area (Å²) in [5.41, 5.74) is 3.49. The van der Waals surface area contributed by atoms with Crippen molar-refractivity contribution < 1.29 is 19.4 Å². The van der Waals surface area contributed by atoms with Gasteiger partial charge in [-0.05, 0) is 55.8 Å². The lowest BCUT2D eigenvalue weighted by Gasteiger charge is -2.39. The summed E-state index contributed by atoms with van der Waals surface area (Å²) >= 11 is 0. The number of carbonyl (C=O) groups excluding carboxylic acids is 1. The van der Waals surface area contributed by atoms with Crippen molar-refractivity contribution in [3.8, 4) is 0 Å². The lowest BCUT2D eigenvalue weighted by atomic mass is 10.1. The molecule has 2 atom stereocenters. The Morgan fingerprint density at radius 2 is 2.00 bits per heavy atom. The molecule has 2 saturated heterocycles. The monoisotopic (exact) mass is 521 g/mol. The van der Waals surface area contributed by atoms with Crippen LogP contribution in [0, 0.1) is 0 Å². The number of aromatic nitrogens is 1. The zero-order valence-electron chi connectivity index (χ0n) is 22.0. The summed E-state index contributed by atoms with van der Waals surface area (Å²) in [6.45, 7) is 5.34. The van der Waals surface area contributed by atoms with Gasteiger partial charge in [0.15, 0.2) is 0 Å². The predicted octanol–water partition coefficient (Wildman–Crippen LogP) is 2.31. The molecule has 2 aromatic rings. The van der Waals surface area contributed by atoms with Crippen LogP contribution in [-0.2, 0) is 33.7 Å². The molecule has 0 aliphatic carbocycles. The van der Waals surface area contributed by atoms with Gasteiger partial charge in [0.05, 0.1) is 18.8 Å². The standard InChI is InChI=1S/C29H39N5O4/c35-28(26-9-5-15-34(26)18-21-6-2-1-3-7-21)32-25(29(36)37)12-16-33-19-24(20-33)38-17-13-23-11-10-22-8-4-14-30-27(22)31-23/h1-3,6-7,10-11,24-26H,4-5,8-9,12-20H2,(H,30,31)(H,32,35)(H,36,37). The van der Waals surface area contributed by atoms with E-state index in [2.05, 4.69) is 44.7 Å². The van der Waals surface area contributed by atoms with Crippen molar-refractivity contribution in [3.05, 3.63) is 59.3 Å². The zero-order valence-corrected chi connectivity index (χ0v) is 22.0. The summed E-state index contributed by atoms with van der Waals surface area (Å²) < 4.78 is 6.01. The van der Waals surface area contributed by atoms with Gasteiger partial charge in [0.2, 0.25) is 5.91 Å². The fourth-order valence-corrected chi connectivity index (χ4v) is 5.62. The highest BCUT2D eigenvalue weighted by molar-refractivity contribution is 5.87. The number of nitrogens with one attached hydrogen (secondary N) is 2. The minimum absolute atomic E-state index is 0.161. The van der Waals surface area contributed by atoms with E-state index in [9.17, 15) is 14.7 Å². The van der Waals surface area contributed by atoms with Crippen LogP contribution in [0.25, 0.3) is 0 Å². The number of likely N-dealkylation sites (tertiary alicyclic amines) is 2. The minimum Gasteiger partial charge on any atom is -0.480 e. The second-order valence-corrected chi connectivity index (χ2v) is 10.6. The van der Waals surface area contributed by atoms with Crippen molar-refractivity contribution in [1.29, 1.82) is 0 Å². The number of carboxylic acid groups (broad SMARTS) is 1. The van der Waals surface area contributed by atoms with E-state index in [1.54, 1.807) is 0 Å². The maximum Gasteiger partial charge on any atom is 0.326 e. The summed E-state index contributed by atoms with van der Waals surface area (Å²) in [5, 5.41) is 15.9. The Kier molecular flexibility index (Phi) is 8.88. The van der Waals surface area contributed by atoms with Gasteiger partial charge in [0.25, 0.3) is 0 Å². The molecule has 0 spiro atoms. The van der Waals surface area contributed by atoms with Crippen LogP contribution in [0.5, 0.6) is 0 Å². The molecule has 1 amide bonds. The van der Waals surface area contributed by atoms with Crippen LogP contribution in [0.1, 0.15) is 42.5 Å². The van der Waals surface area contributed by atoms with Crippen molar-refractivity contribution in [3.63, 3.8) is 0 Å². The third kappa shape index (κ3) is 6.89. The number of anilines is 1. The molecule has 204 valence electrons. The average Bonchev–Trinajstić information content (AvgIpc) is 3.37. The molecule has 0 saturated carbocycles. The number of fused-ring (bicyclic) bond motifs is 1. The van der Waals surface area contributed by atoms with E-state index in [1.807, 2.05) is 18.2 Å². The number of carbonyl (C=O) groups is 2. The quantitative estimate of drug-likeness (QED) is 0.391. The third-order valence-corrected chi connectivity index (χ3v) is 7.83. The molecule has 2 fully saturated rings. The fourth-order valence-electron chi connectivity index (χ4n) is 5.62. The molecular weight excluding hydrogens is 482 g/mol. The highest BCUT2D eigenvalue weighted by Crippen LogP contribution is 2.22. The van der Waals surface area contributed by atoms with Gasteiger partial charge >= 0.3 is 5.97 Å². The van der Waals surface area contributed by atoms with Crippen LogP contribution in [-0.4, -0.2) is 89.3 Å². The molecule has 5 rings (SSSR count). The van der Waals surface area contributed by atoms with Crippen molar-refractivity contribution in [2.24, 2.45) is 0 Å². The van der Waals surface area contributed by atoms with Crippen LogP contribution in [0.4, 0.5) is 5.82 Å². The van der Waals surface area contributed by atoms with E-state index < -0.39 is 12.0 Å². The first-order chi connectivity index (χ1) is 18.5. The van der Waals surface area contributed by atoms with Gasteiger partial charge in [-0.3, -0.25) is 14.6 Å². The van der Waals surface area contributed by atoms with Gasteiger partial charge in [-0.2, -0.15) is 0 Å². The van der Waals surface area contributed by atoms with Gasteiger partial charge in [0, 0.05) is 44.8 Å². The van der Waals surface area contributed by atoms with Crippen molar-refractivity contribution in [2.45, 2.75) is 63.3 Å². The molecule has 3 N–H and O–H groups in total. The van der Waals surface area contributed by atoms with E-state index >= 15 is 0 Å². The maximum absolute atomic E-state index is 13.0. The minimum atomic E-state index is -0.980. The molecule has 9 nitrogen and oxygen atoms in total. The zero-order chi connectivity index (χ0) is 26.3. The first-order valence-electron chi connectivity index (χ1n) is 13.9. The molecule has 1 aromatic carbocycles. The van der Waals surface area contributed by atoms with Gasteiger partial charge in [-0.1, -0.05) is 36.4 Å². The number of ether oxygens (including phenoxy) is 1. The van der Waals surface area contributed by atoms with Crippen molar-refractivity contribution in [1.82, 2.24) is 20.1 Å². The molecular formula is C29H39N5O4. The highest BCUT2D eigenvalue weighted by atomic mass is 16.5. The topological polar surface area (TPSA) is 107 Å². The molecule has 0 radical (unpaired) electrons. The van der Waals surface area contributed by atoms with Crippen LogP contribution in [0.2, 0.25) is 0 Å². The number of amides is 1. The Hall–Kier alpha value is -3.01. The summed E-state index contributed by atoms with van der Waals surface area (Å²) in [7, 11) is 0. The second-order valence-electron chi connectivity index (χ2n) is 10.6. The van der Waals surface area contributed by atoms with E-state index in [0.717, 1.165) is 75.4 Å². The number of benzene rings is 1. The van der Waals surface area contributed by atoms with E-state index in [0.29, 0.717) is 26.1 Å². The predicted molar refractivity (Wildman–Crippen MR) is 145 cm³/mol. The molecule has 1 aromatic heterocycles. The summed E-state index contributed by atoms with van der Waals surface area (Å²) in [4.78, 5) is 33.9. The number of nitrogens with zero attached hydrogens (tertiary/aromatic N) is 3. The number of hydrogen-bond donors (Lipinski definition) is 3. The second kappa shape index (κ2) is 12.7. The van der Waals surface area contributed by atoms with Gasteiger partial charge < -0.3 is 20.5 Å². The van der Waals surface area contributed by atoms with Crippen LogP contribution in [0.15, 0.2) is 42.5 Å². The number of rotatable bonds is 12. The summed E-state index contributed by atoms with van der Waals surface area (Å²) in [5.74, 6) is -0.145. The molecule has 3 aliphatic heterocycles. The molecule has 2 unspecified atom stereocenters. The summed E-state index contributed by atoms with van der Waals surface area (Å²) in [6.07, 6.45) is 5.26. The Morgan fingerprint density at radius 3 is 2.82 bits per heavy atom. The van der Waals surface area contributed by atoms with Gasteiger partial charge in [-0.25, -0.2) is 9.78 Å². The lowest BCUT2D eigenvalue weighted by molar-refractivity contribution is -0.143. The average molecular weight is 522 g/mol. The first kappa shape index (κ1) is 26.6. The number of carboxylic acids is 1. The Morgan fingerprint density at radius 1 is 1.16 bits per heavy atom. The largest absolute Gasteiger partial charge is 0.480 e. The first-order valence-corrected chi connectivity index (χ1v) is 13.9. The normalized spacial score (nSPS) is 20.8. The molecule has 4 heterocycles. The van der Waals surface area contributed by atoms with Crippen LogP contribution in [0.3, 0.4) is 0 Å². The van der Waals surface area contributed by atoms with Gasteiger partial charge in [0.1, 0.15) is 11.9 Å². The van der Waals surface area contributed by atoms with Gasteiger partial charge in [-0.15, -0.1) is 0 Å². The van der Waals surface area contributed by atoms with Crippen LogP contribution < -0.4 is 10.6 Å². The number of pyridine rings is 1. The molecule has 0 bridgehead atoms. The van der Waals surface area contributed by atoms with E-state index in [1.165, 1.54) is 5.56 Å². The smallest absolute Gasteiger partial charge is 0.326 e. The molecule has 38 heavy (non-hydrogen) atoms. The Balaban J connectivity index is 1.01. The van der Waals surface area contributed by atoms with E-state index in [4.69, 9.17) is 9.72 Å². The lowest BCUT2D eigenvalue weighted by Crippen LogP contribution is -2.55.